The summed E-state index contributed by atoms with van der Waals surface area (Å²) in [6.07, 6.45) is 2.54. The average molecular weight is 377 g/mol. The molecule has 0 spiro atoms. The largest absolute Gasteiger partial charge is 0.326 e. The standard InChI is InChI=1S/C20H22Cl2N2O/c1-3-20(25)24-13-5-6-15-14(7-9-19(23-2)16(15)11-13)12-4-8-17(21)18(22)10-12/h4-6,8,10-11,14,19,23H,3,7,9H2,1-2H3,(H,24,25). The summed E-state index contributed by atoms with van der Waals surface area (Å²) in [5.41, 5.74) is 4.54. The molecule has 0 radical (unpaired) electrons. The molecule has 0 fully saturated rings. The number of benzene rings is 2. The third-order valence-corrected chi connectivity index (χ3v) is 5.62. The summed E-state index contributed by atoms with van der Waals surface area (Å²) >= 11 is 12.3. The molecule has 0 saturated heterocycles. The van der Waals surface area contributed by atoms with Crippen molar-refractivity contribution in [3.63, 3.8) is 0 Å². The number of carbonyl (C=O) groups is 1. The summed E-state index contributed by atoms with van der Waals surface area (Å²) in [5.74, 6) is 0.308. The van der Waals surface area contributed by atoms with Gasteiger partial charge in [-0.2, -0.15) is 0 Å². The fourth-order valence-electron chi connectivity index (χ4n) is 3.54. The summed E-state index contributed by atoms with van der Waals surface area (Å²) in [7, 11) is 1.98. The molecule has 3 nitrogen and oxygen atoms in total. The lowest BCUT2D eigenvalue weighted by Gasteiger charge is -2.32. The van der Waals surface area contributed by atoms with E-state index in [0.717, 1.165) is 18.5 Å². The Labute approximate surface area is 158 Å². The summed E-state index contributed by atoms with van der Waals surface area (Å²) in [6, 6.07) is 12.4. The van der Waals surface area contributed by atoms with Crippen molar-refractivity contribution >= 4 is 34.8 Å². The van der Waals surface area contributed by atoms with E-state index in [1.807, 2.05) is 32.2 Å². The molecule has 0 aromatic heterocycles. The third kappa shape index (κ3) is 3.84. The van der Waals surface area contributed by atoms with Crippen LogP contribution in [-0.2, 0) is 4.79 Å². The molecule has 2 atom stereocenters. The normalized spacial score (nSPS) is 19.4. The van der Waals surface area contributed by atoms with Crippen molar-refractivity contribution in [2.24, 2.45) is 0 Å². The Hall–Kier alpha value is -1.55. The van der Waals surface area contributed by atoms with Gasteiger partial charge in [-0.15, -0.1) is 0 Å². The van der Waals surface area contributed by atoms with Crippen LogP contribution in [0.15, 0.2) is 36.4 Å². The minimum absolute atomic E-state index is 0.0257. The summed E-state index contributed by atoms with van der Waals surface area (Å²) in [6.45, 7) is 1.85. The molecule has 3 rings (SSSR count). The number of fused-ring (bicyclic) bond motifs is 1. The smallest absolute Gasteiger partial charge is 0.224 e. The Kier molecular flexibility index (Phi) is 5.67. The van der Waals surface area contributed by atoms with Crippen molar-refractivity contribution in [3.8, 4) is 0 Å². The molecule has 0 aliphatic heterocycles. The first kappa shape index (κ1) is 18.2. The van der Waals surface area contributed by atoms with E-state index in [1.165, 1.54) is 16.7 Å². The summed E-state index contributed by atoms with van der Waals surface area (Å²) < 4.78 is 0. The van der Waals surface area contributed by atoms with E-state index in [-0.39, 0.29) is 17.9 Å². The molecule has 2 aromatic carbocycles. The van der Waals surface area contributed by atoms with E-state index in [4.69, 9.17) is 23.2 Å². The zero-order chi connectivity index (χ0) is 18.0. The molecule has 0 bridgehead atoms. The van der Waals surface area contributed by atoms with Gasteiger partial charge in [-0.05, 0) is 60.8 Å². The van der Waals surface area contributed by atoms with Gasteiger partial charge >= 0.3 is 0 Å². The zero-order valence-corrected chi connectivity index (χ0v) is 15.9. The molecule has 2 unspecified atom stereocenters. The van der Waals surface area contributed by atoms with Gasteiger partial charge < -0.3 is 10.6 Å². The molecule has 1 amide bonds. The van der Waals surface area contributed by atoms with Crippen molar-refractivity contribution < 1.29 is 4.79 Å². The van der Waals surface area contributed by atoms with Gasteiger partial charge in [-0.25, -0.2) is 0 Å². The van der Waals surface area contributed by atoms with Crippen LogP contribution in [0, 0.1) is 0 Å². The second kappa shape index (κ2) is 7.77. The lowest BCUT2D eigenvalue weighted by Crippen LogP contribution is -2.24. The Morgan fingerprint density at radius 2 is 1.88 bits per heavy atom. The Balaban J connectivity index is 2.00. The predicted octanol–water partition coefficient (Wildman–Crippen LogP) is 5.53. The molecule has 2 aromatic rings. The van der Waals surface area contributed by atoms with E-state index in [1.54, 1.807) is 0 Å². The molecule has 5 heteroatoms. The van der Waals surface area contributed by atoms with Crippen LogP contribution < -0.4 is 10.6 Å². The summed E-state index contributed by atoms with van der Waals surface area (Å²) in [4.78, 5) is 11.7. The van der Waals surface area contributed by atoms with E-state index in [2.05, 4.69) is 28.8 Å². The van der Waals surface area contributed by atoms with E-state index in [0.29, 0.717) is 16.5 Å². The molecule has 0 saturated carbocycles. The quantitative estimate of drug-likeness (QED) is 0.736. The molecule has 1 aliphatic rings. The van der Waals surface area contributed by atoms with Crippen molar-refractivity contribution in [1.82, 2.24) is 5.32 Å². The molecular formula is C20H22Cl2N2O. The first-order valence-electron chi connectivity index (χ1n) is 8.59. The van der Waals surface area contributed by atoms with Crippen molar-refractivity contribution in [3.05, 3.63) is 63.1 Å². The number of carbonyl (C=O) groups excluding carboxylic acids is 1. The highest BCUT2D eigenvalue weighted by Crippen LogP contribution is 2.43. The topological polar surface area (TPSA) is 41.1 Å². The van der Waals surface area contributed by atoms with Gasteiger partial charge in [-0.1, -0.05) is 42.3 Å². The molecule has 2 N–H and O–H groups in total. The highest BCUT2D eigenvalue weighted by molar-refractivity contribution is 6.42. The lowest BCUT2D eigenvalue weighted by atomic mass is 9.76. The van der Waals surface area contributed by atoms with E-state index in [9.17, 15) is 4.79 Å². The minimum Gasteiger partial charge on any atom is -0.326 e. The Bertz CT molecular complexity index is 791. The highest BCUT2D eigenvalue weighted by atomic mass is 35.5. The van der Waals surface area contributed by atoms with Gasteiger partial charge in [0.15, 0.2) is 0 Å². The SMILES string of the molecule is CCC(=O)Nc1ccc2c(c1)C(NC)CCC2c1ccc(Cl)c(Cl)c1. The minimum atomic E-state index is 0.0257. The number of hydrogen-bond acceptors (Lipinski definition) is 2. The van der Waals surface area contributed by atoms with Crippen LogP contribution in [0.4, 0.5) is 5.69 Å². The molecule has 0 heterocycles. The second-order valence-electron chi connectivity index (χ2n) is 6.39. The number of anilines is 1. The van der Waals surface area contributed by atoms with Gasteiger partial charge in [0.2, 0.25) is 5.91 Å². The fourth-order valence-corrected chi connectivity index (χ4v) is 3.85. The van der Waals surface area contributed by atoms with Crippen LogP contribution in [0.3, 0.4) is 0 Å². The Morgan fingerprint density at radius 1 is 1.08 bits per heavy atom. The van der Waals surface area contributed by atoms with Gasteiger partial charge in [-0.3, -0.25) is 4.79 Å². The Morgan fingerprint density at radius 3 is 2.56 bits per heavy atom. The average Bonchev–Trinajstić information content (AvgIpc) is 2.63. The van der Waals surface area contributed by atoms with Gasteiger partial charge in [0.05, 0.1) is 10.0 Å². The molecule has 25 heavy (non-hydrogen) atoms. The van der Waals surface area contributed by atoms with Crippen LogP contribution in [0.1, 0.15) is 54.8 Å². The molecular weight excluding hydrogens is 355 g/mol. The van der Waals surface area contributed by atoms with Crippen LogP contribution in [0.2, 0.25) is 10.0 Å². The van der Waals surface area contributed by atoms with Crippen LogP contribution >= 0.6 is 23.2 Å². The summed E-state index contributed by atoms with van der Waals surface area (Å²) in [5, 5.41) is 7.50. The van der Waals surface area contributed by atoms with E-state index >= 15 is 0 Å². The number of amides is 1. The lowest BCUT2D eigenvalue weighted by molar-refractivity contribution is -0.115. The van der Waals surface area contributed by atoms with Crippen LogP contribution in [-0.4, -0.2) is 13.0 Å². The third-order valence-electron chi connectivity index (χ3n) is 4.88. The first-order chi connectivity index (χ1) is 12.0. The van der Waals surface area contributed by atoms with Crippen molar-refractivity contribution in [2.75, 3.05) is 12.4 Å². The van der Waals surface area contributed by atoms with Gasteiger partial charge in [0.1, 0.15) is 0 Å². The number of nitrogens with one attached hydrogen (secondary N) is 2. The maximum absolute atomic E-state index is 11.7. The van der Waals surface area contributed by atoms with Gasteiger partial charge in [0, 0.05) is 24.1 Å². The molecule has 132 valence electrons. The number of hydrogen-bond donors (Lipinski definition) is 2. The molecule has 1 aliphatic carbocycles. The van der Waals surface area contributed by atoms with Crippen molar-refractivity contribution in [2.45, 2.75) is 38.1 Å². The maximum atomic E-state index is 11.7. The first-order valence-corrected chi connectivity index (χ1v) is 9.35. The number of rotatable bonds is 4. The van der Waals surface area contributed by atoms with Gasteiger partial charge in [0.25, 0.3) is 0 Å². The predicted molar refractivity (Wildman–Crippen MR) is 105 cm³/mol. The van der Waals surface area contributed by atoms with Crippen LogP contribution in [0.25, 0.3) is 0 Å². The second-order valence-corrected chi connectivity index (χ2v) is 7.20. The monoisotopic (exact) mass is 376 g/mol. The fraction of sp³-hybridized carbons (Fsp3) is 0.350. The van der Waals surface area contributed by atoms with Crippen molar-refractivity contribution in [1.29, 1.82) is 0 Å². The number of halogens is 2. The van der Waals surface area contributed by atoms with E-state index < -0.39 is 0 Å². The van der Waals surface area contributed by atoms with Crippen LogP contribution in [0.5, 0.6) is 0 Å². The zero-order valence-electron chi connectivity index (χ0n) is 14.4. The maximum Gasteiger partial charge on any atom is 0.224 e. The highest BCUT2D eigenvalue weighted by Gasteiger charge is 2.28.